The first-order chi connectivity index (χ1) is 20.3. The van der Waals surface area contributed by atoms with Crippen LogP contribution in [0.25, 0.3) is 10.9 Å². The third-order valence-electron chi connectivity index (χ3n) is 8.11. The summed E-state index contributed by atoms with van der Waals surface area (Å²) in [5.74, 6) is -1.40. The zero-order valence-corrected chi connectivity index (χ0v) is 23.5. The number of fused-ring (bicyclic) bond motifs is 3. The van der Waals surface area contributed by atoms with Gasteiger partial charge in [0.15, 0.2) is 5.88 Å². The number of hydroxylamine groups is 2. The number of amides is 1. The number of aliphatic imine (C=N–C) groups is 1. The SMILES string of the molecule is Cc1cc2c(C(=Nc3ccc(C(=O)N(C)OCCN4C[C@@H]5C[C@H]4CN5)cc3)c3ccccc3)c(O)[nH]c2cc1C(=O)O. The molecule has 4 N–H and O–H groups in total. The molecule has 42 heavy (non-hydrogen) atoms. The molecule has 2 atom stereocenters. The standard InChI is InChI=1S/C32H33N5O5/c1-19-14-26-27(16-25(19)32(40)41)35-30(38)28(26)29(20-6-4-3-5-7-20)34-22-10-8-21(9-11-22)31(39)36(2)42-13-12-37-18-23-15-24(37)17-33-23/h3-11,14,16,23-24,33,35,38H,12-13,15,17-18H2,1-2H3,(H,40,41)/t23-,24-/m0/s1. The summed E-state index contributed by atoms with van der Waals surface area (Å²) < 4.78 is 0. The number of H-pyrrole nitrogens is 1. The highest BCUT2D eigenvalue weighted by atomic mass is 16.7. The van der Waals surface area contributed by atoms with E-state index >= 15 is 0 Å². The predicted molar refractivity (Wildman–Crippen MR) is 160 cm³/mol. The number of aromatic amines is 1. The largest absolute Gasteiger partial charge is 0.494 e. The van der Waals surface area contributed by atoms with Crippen LogP contribution in [0.5, 0.6) is 5.88 Å². The lowest BCUT2D eigenvalue weighted by Gasteiger charge is -2.27. The maximum Gasteiger partial charge on any atom is 0.336 e. The van der Waals surface area contributed by atoms with E-state index in [1.165, 1.54) is 17.6 Å². The first-order valence-electron chi connectivity index (χ1n) is 14.0. The molecular weight excluding hydrogens is 534 g/mol. The van der Waals surface area contributed by atoms with Crippen molar-refractivity contribution in [2.75, 3.05) is 33.3 Å². The van der Waals surface area contributed by atoms with E-state index in [9.17, 15) is 19.8 Å². The van der Waals surface area contributed by atoms with E-state index in [2.05, 4.69) is 15.2 Å². The molecule has 3 aromatic carbocycles. The van der Waals surface area contributed by atoms with Gasteiger partial charge in [-0.1, -0.05) is 30.3 Å². The van der Waals surface area contributed by atoms with Gasteiger partial charge in [0.1, 0.15) is 0 Å². The molecular formula is C32H33N5O5. The quantitative estimate of drug-likeness (QED) is 0.177. The van der Waals surface area contributed by atoms with E-state index in [-0.39, 0.29) is 17.4 Å². The lowest BCUT2D eigenvalue weighted by atomic mass is 9.98. The number of aryl methyl sites for hydroxylation is 1. The highest BCUT2D eigenvalue weighted by molar-refractivity contribution is 6.22. The summed E-state index contributed by atoms with van der Waals surface area (Å²) in [5, 5.41) is 25.9. The first-order valence-corrected chi connectivity index (χ1v) is 14.0. The smallest absolute Gasteiger partial charge is 0.336 e. The second kappa shape index (κ2) is 11.4. The fourth-order valence-corrected chi connectivity index (χ4v) is 5.93. The summed E-state index contributed by atoms with van der Waals surface area (Å²) >= 11 is 0. The van der Waals surface area contributed by atoms with Gasteiger partial charge in [0, 0.05) is 60.8 Å². The Balaban J connectivity index is 1.24. The van der Waals surface area contributed by atoms with Gasteiger partial charge < -0.3 is 20.5 Å². The molecule has 3 heterocycles. The number of nitrogens with zero attached hydrogens (tertiary/aromatic N) is 3. The molecule has 216 valence electrons. The Morgan fingerprint density at radius 3 is 2.52 bits per heavy atom. The zero-order valence-electron chi connectivity index (χ0n) is 23.5. The van der Waals surface area contributed by atoms with Crippen molar-refractivity contribution in [2.45, 2.75) is 25.4 Å². The predicted octanol–water partition coefficient (Wildman–Crippen LogP) is 4.10. The Bertz CT molecular complexity index is 1660. The minimum absolute atomic E-state index is 0.113. The number of hydrogen-bond acceptors (Lipinski definition) is 7. The Kier molecular flexibility index (Phi) is 7.51. The first kappa shape index (κ1) is 27.6. The summed E-state index contributed by atoms with van der Waals surface area (Å²) in [5.41, 5.74) is 4.01. The van der Waals surface area contributed by atoms with Crippen molar-refractivity contribution in [3.05, 3.63) is 94.5 Å². The maximum absolute atomic E-state index is 13.0. The van der Waals surface area contributed by atoms with Crippen LogP contribution in [-0.2, 0) is 4.84 Å². The molecule has 10 nitrogen and oxygen atoms in total. The van der Waals surface area contributed by atoms with Crippen LogP contribution in [-0.4, -0.2) is 88.1 Å². The number of carbonyl (C=O) groups is 2. The van der Waals surface area contributed by atoms with Gasteiger partial charge in [-0.25, -0.2) is 14.9 Å². The fourth-order valence-electron chi connectivity index (χ4n) is 5.93. The number of hydrogen-bond donors (Lipinski definition) is 4. The second-order valence-corrected chi connectivity index (χ2v) is 10.9. The highest BCUT2D eigenvalue weighted by Crippen LogP contribution is 2.33. The van der Waals surface area contributed by atoms with Crippen molar-refractivity contribution in [2.24, 2.45) is 4.99 Å². The van der Waals surface area contributed by atoms with E-state index in [1.807, 2.05) is 30.3 Å². The molecule has 6 rings (SSSR count). The van der Waals surface area contributed by atoms with Crippen molar-refractivity contribution in [3.8, 4) is 5.88 Å². The van der Waals surface area contributed by atoms with E-state index in [1.54, 1.807) is 44.3 Å². The van der Waals surface area contributed by atoms with E-state index in [0.29, 0.717) is 57.7 Å². The molecule has 0 radical (unpaired) electrons. The molecule has 2 bridgehead atoms. The van der Waals surface area contributed by atoms with Crippen LogP contribution in [0.1, 0.15) is 43.8 Å². The van der Waals surface area contributed by atoms with Crippen molar-refractivity contribution in [1.82, 2.24) is 20.3 Å². The summed E-state index contributed by atoms with van der Waals surface area (Å²) in [7, 11) is 1.62. The number of likely N-dealkylation sites (tertiary alicyclic amines) is 1. The number of carboxylic acid groups (broad SMARTS) is 1. The molecule has 4 aromatic rings. The van der Waals surface area contributed by atoms with Crippen molar-refractivity contribution < 1.29 is 24.6 Å². The van der Waals surface area contributed by atoms with Crippen LogP contribution in [0.15, 0.2) is 71.7 Å². The maximum atomic E-state index is 13.0. The molecule has 2 saturated heterocycles. The summed E-state index contributed by atoms with van der Waals surface area (Å²) in [6.45, 7) is 4.99. The van der Waals surface area contributed by atoms with Gasteiger partial charge in [0.25, 0.3) is 5.91 Å². The second-order valence-electron chi connectivity index (χ2n) is 10.9. The molecule has 0 unspecified atom stereocenters. The van der Waals surface area contributed by atoms with Crippen LogP contribution in [0.2, 0.25) is 0 Å². The van der Waals surface area contributed by atoms with Crippen LogP contribution in [0.3, 0.4) is 0 Å². The van der Waals surface area contributed by atoms with Gasteiger partial charge >= 0.3 is 5.97 Å². The van der Waals surface area contributed by atoms with Crippen molar-refractivity contribution >= 4 is 34.2 Å². The average molecular weight is 568 g/mol. The lowest BCUT2D eigenvalue weighted by molar-refractivity contribution is -0.111. The summed E-state index contributed by atoms with van der Waals surface area (Å²) in [6, 6.07) is 20.7. The molecule has 0 spiro atoms. The number of benzene rings is 3. The Morgan fingerprint density at radius 2 is 1.86 bits per heavy atom. The molecule has 2 aliphatic rings. The van der Waals surface area contributed by atoms with E-state index in [4.69, 9.17) is 9.83 Å². The van der Waals surface area contributed by atoms with Crippen LogP contribution >= 0.6 is 0 Å². The van der Waals surface area contributed by atoms with Crippen LogP contribution < -0.4 is 5.32 Å². The monoisotopic (exact) mass is 567 g/mol. The number of aromatic carboxylic acids is 1. The van der Waals surface area contributed by atoms with E-state index in [0.717, 1.165) is 25.2 Å². The minimum Gasteiger partial charge on any atom is -0.494 e. The molecule has 1 aromatic heterocycles. The highest BCUT2D eigenvalue weighted by Gasteiger charge is 2.37. The molecule has 10 heteroatoms. The number of nitrogens with one attached hydrogen (secondary N) is 2. The Hall–Kier alpha value is -4.51. The number of rotatable bonds is 9. The number of piperazine rings is 1. The molecule has 0 saturated carbocycles. The topological polar surface area (TPSA) is 130 Å². The van der Waals surface area contributed by atoms with Crippen LogP contribution in [0, 0.1) is 6.92 Å². The number of carbonyl (C=O) groups excluding carboxylic acids is 1. The van der Waals surface area contributed by atoms with Crippen molar-refractivity contribution in [1.29, 1.82) is 0 Å². The third-order valence-corrected chi connectivity index (χ3v) is 8.11. The van der Waals surface area contributed by atoms with Gasteiger partial charge in [-0.05, 0) is 55.3 Å². The number of aromatic nitrogens is 1. The Labute approximate surface area is 243 Å². The molecule has 2 aliphatic heterocycles. The van der Waals surface area contributed by atoms with Gasteiger partial charge in [0.05, 0.1) is 29.1 Å². The van der Waals surface area contributed by atoms with Gasteiger partial charge in [-0.2, -0.15) is 0 Å². The average Bonchev–Trinajstić information content (AvgIpc) is 3.70. The Morgan fingerprint density at radius 1 is 1.10 bits per heavy atom. The molecule has 2 fully saturated rings. The number of carboxylic acids is 1. The summed E-state index contributed by atoms with van der Waals surface area (Å²) in [4.78, 5) is 40.6. The van der Waals surface area contributed by atoms with Crippen molar-refractivity contribution in [3.63, 3.8) is 0 Å². The third kappa shape index (κ3) is 5.39. The van der Waals surface area contributed by atoms with Gasteiger partial charge in [-0.15, -0.1) is 0 Å². The van der Waals surface area contributed by atoms with Gasteiger partial charge in [0.2, 0.25) is 0 Å². The minimum atomic E-state index is -1.04. The normalized spacial score (nSPS) is 18.6. The van der Waals surface area contributed by atoms with Crippen LogP contribution in [0.4, 0.5) is 5.69 Å². The fraction of sp³-hybridized carbons (Fsp3) is 0.281. The summed E-state index contributed by atoms with van der Waals surface area (Å²) in [6.07, 6.45) is 1.18. The molecule has 0 aliphatic carbocycles. The van der Waals surface area contributed by atoms with E-state index < -0.39 is 5.97 Å². The molecule has 1 amide bonds. The number of aromatic hydroxyl groups is 1. The zero-order chi connectivity index (χ0) is 29.4. The van der Waals surface area contributed by atoms with Gasteiger partial charge in [-0.3, -0.25) is 14.5 Å². The lowest BCUT2D eigenvalue weighted by Crippen LogP contribution is -2.45.